The van der Waals surface area contributed by atoms with Gasteiger partial charge in [0, 0.05) is 13.1 Å². The van der Waals surface area contributed by atoms with Gasteiger partial charge in [0.15, 0.2) is 0 Å². The second-order valence-electron chi connectivity index (χ2n) is 7.47. The zero-order chi connectivity index (χ0) is 20.5. The summed E-state index contributed by atoms with van der Waals surface area (Å²) in [7, 11) is -2.78. The molecule has 1 aromatic rings. The van der Waals surface area contributed by atoms with Crippen molar-refractivity contribution in [2.45, 2.75) is 43.2 Å². The van der Waals surface area contributed by atoms with Gasteiger partial charge in [0.25, 0.3) is 0 Å². The predicted octanol–water partition coefficient (Wildman–Crippen LogP) is 1.22. The van der Waals surface area contributed by atoms with E-state index >= 15 is 0 Å². The van der Waals surface area contributed by atoms with Crippen LogP contribution in [0.15, 0.2) is 29.2 Å². The number of hydrogen-bond acceptors (Lipinski definition) is 7. The molecule has 0 saturated carbocycles. The third kappa shape index (κ3) is 5.33. The Bertz CT molecular complexity index is 807. The molecule has 0 unspecified atom stereocenters. The smallest absolute Gasteiger partial charge is 0.410 e. The number of ether oxygens (including phenoxy) is 2. The molecule has 1 aliphatic rings. The van der Waals surface area contributed by atoms with Crippen LogP contribution >= 0.6 is 0 Å². The molecule has 1 saturated heterocycles. The van der Waals surface area contributed by atoms with E-state index < -0.39 is 33.2 Å². The number of phenols is 1. The molecule has 2 rings (SSSR count). The third-order valence-electron chi connectivity index (χ3n) is 3.85. The summed E-state index contributed by atoms with van der Waals surface area (Å²) in [5, 5.41) is 9.32. The zero-order valence-corrected chi connectivity index (χ0v) is 16.5. The molecule has 0 radical (unpaired) electrons. The van der Waals surface area contributed by atoms with E-state index in [1.807, 2.05) is 0 Å². The number of sulfonamides is 1. The maximum Gasteiger partial charge on any atom is 0.410 e. The van der Waals surface area contributed by atoms with E-state index in [0.29, 0.717) is 0 Å². The molecule has 0 aliphatic carbocycles. The maximum atomic E-state index is 12.6. The van der Waals surface area contributed by atoms with Crippen molar-refractivity contribution in [2.24, 2.45) is 0 Å². The van der Waals surface area contributed by atoms with Crippen LogP contribution in [0.25, 0.3) is 0 Å². The van der Waals surface area contributed by atoms with Crippen molar-refractivity contribution < 1.29 is 32.6 Å². The lowest BCUT2D eigenvalue weighted by Crippen LogP contribution is -2.72. The Morgan fingerprint density at radius 1 is 1.22 bits per heavy atom. The van der Waals surface area contributed by atoms with Gasteiger partial charge in [0.2, 0.25) is 10.0 Å². The van der Waals surface area contributed by atoms with Crippen molar-refractivity contribution in [3.8, 4) is 5.75 Å². The molecule has 2 N–H and O–H groups in total. The Labute approximate surface area is 158 Å². The minimum absolute atomic E-state index is 0.0334. The first kappa shape index (κ1) is 21.0. The van der Waals surface area contributed by atoms with Gasteiger partial charge < -0.3 is 19.5 Å². The van der Waals surface area contributed by atoms with Gasteiger partial charge in [-0.1, -0.05) is 0 Å². The Balaban J connectivity index is 2.18. The summed E-state index contributed by atoms with van der Waals surface area (Å²) in [6, 6.07) is 4.98. The molecule has 1 aromatic carbocycles. The molecule has 1 heterocycles. The molecule has 27 heavy (non-hydrogen) atoms. The van der Waals surface area contributed by atoms with E-state index in [1.165, 1.54) is 36.3 Å². The van der Waals surface area contributed by atoms with Gasteiger partial charge >= 0.3 is 12.1 Å². The standard InChI is InChI=1S/C17H24N2O7S/c1-16(2,3)26-15(22)19-10-17(11-19,9-14(21)25-4)18-27(23,24)13-7-5-12(20)6-8-13/h5-8,18,20H,9-11H2,1-4H3. The summed E-state index contributed by atoms with van der Waals surface area (Å²) in [5.41, 5.74) is -1.88. The number of carbonyl (C=O) groups is 2. The van der Waals surface area contributed by atoms with Crippen LogP contribution in [0, 0.1) is 0 Å². The van der Waals surface area contributed by atoms with Crippen LogP contribution in [0.3, 0.4) is 0 Å². The predicted molar refractivity (Wildman–Crippen MR) is 95.6 cm³/mol. The Morgan fingerprint density at radius 2 is 1.78 bits per heavy atom. The van der Waals surface area contributed by atoms with E-state index in [1.54, 1.807) is 20.8 Å². The summed E-state index contributed by atoms with van der Waals surface area (Å²) >= 11 is 0. The lowest BCUT2D eigenvalue weighted by atomic mass is 9.88. The summed E-state index contributed by atoms with van der Waals surface area (Å²) in [5.74, 6) is -0.676. The number of amides is 1. The van der Waals surface area contributed by atoms with Crippen molar-refractivity contribution >= 4 is 22.1 Å². The van der Waals surface area contributed by atoms with Crippen LogP contribution in [-0.4, -0.2) is 61.8 Å². The average molecular weight is 400 g/mol. The monoisotopic (exact) mass is 400 g/mol. The van der Waals surface area contributed by atoms with Crippen molar-refractivity contribution in [3.05, 3.63) is 24.3 Å². The molecule has 0 bridgehead atoms. The molecule has 10 heteroatoms. The maximum absolute atomic E-state index is 12.6. The second kappa shape index (κ2) is 7.35. The highest BCUT2D eigenvalue weighted by Crippen LogP contribution is 2.29. The van der Waals surface area contributed by atoms with Crippen molar-refractivity contribution in [1.29, 1.82) is 0 Å². The van der Waals surface area contributed by atoms with Crippen LogP contribution in [0.5, 0.6) is 5.75 Å². The quantitative estimate of drug-likeness (QED) is 0.713. The highest BCUT2D eigenvalue weighted by molar-refractivity contribution is 7.89. The first-order valence-corrected chi connectivity index (χ1v) is 9.72. The molecule has 0 aromatic heterocycles. The van der Waals surface area contributed by atoms with Crippen LogP contribution in [0.4, 0.5) is 4.79 Å². The van der Waals surface area contributed by atoms with Gasteiger partial charge in [0.1, 0.15) is 11.4 Å². The Kier molecular flexibility index (Phi) is 5.71. The van der Waals surface area contributed by atoms with Gasteiger partial charge in [0.05, 0.1) is 24.0 Å². The lowest BCUT2D eigenvalue weighted by Gasteiger charge is -2.49. The molecule has 0 atom stereocenters. The van der Waals surface area contributed by atoms with Gasteiger partial charge in [-0.2, -0.15) is 0 Å². The summed E-state index contributed by atoms with van der Waals surface area (Å²) < 4.78 is 37.7. The van der Waals surface area contributed by atoms with Crippen LogP contribution in [0.2, 0.25) is 0 Å². The van der Waals surface area contributed by atoms with Gasteiger partial charge in [-0.3, -0.25) is 4.79 Å². The fourth-order valence-corrected chi connectivity index (χ4v) is 4.05. The normalized spacial score (nSPS) is 16.4. The van der Waals surface area contributed by atoms with E-state index in [4.69, 9.17) is 4.74 Å². The minimum Gasteiger partial charge on any atom is -0.508 e. The van der Waals surface area contributed by atoms with Crippen LogP contribution in [0.1, 0.15) is 27.2 Å². The number of aromatic hydroxyl groups is 1. The molecule has 0 spiro atoms. The third-order valence-corrected chi connectivity index (χ3v) is 5.44. The van der Waals surface area contributed by atoms with Crippen molar-refractivity contribution in [2.75, 3.05) is 20.2 Å². The number of methoxy groups -OCH3 is 1. The zero-order valence-electron chi connectivity index (χ0n) is 15.7. The van der Waals surface area contributed by atoms with Gasteiger partial charge in [-0.15, -0.1) is 0 Å². The van der Waals surface area contributed by atoms with Gasteiger partial charge in [-0.25, -0.2) is 17.9 Å². The Morgan fingerprint density at radius 3 is 2.26 bits per heavy atom. The topological polar surface area (TPSA) is 122 Å². The number of benzene rings is 1. The molecule has 9 nitrogen and oxygen atoms in total. The van der Waals surface area contributed by atoms with E-state index in [9.17, 15) is 23.1 Å². The highest BCUT2D eigenvalue weighted by Gasteiger charge is 2.50. The number of phenolic OH excluding ortho intramolecular Hbond substituents is 1. The van der Waals surface area contributed by atoms with E-state index in [0.717, 1.165) is 0 Å². The molecular formula is C17H24N2O7S. The molecular weight excluding hydrogens is 376 g/mol. The number of hydrogen-bond donors (Lipinski definition) is 2. The number of carbonyl (C=O) groups excluding carboxylic acids is 2. The largest absolute Gasteiger partial charge is 0.508 e. The van der Waals surface area contributed by atoms with Crippen LogP contribution in [-0.2, 0) is 24.3 Å². The summed E-state index contributed by atoms with van der Waals surface area (Å²) in [4.78, 5) is 25.2. The first-order valence-electron chi connectivity index (χ1n) is 8.24. The SMILES string of the molecule is COC(=O)CC1(NS(=O)(=O)c2ccc(O)cc2)CN(C(=O)OC(C)(C)C)C1. The summed E-state index contributed by atoms with van der Waals surface area (Å²) in [6.45, 7) is 5.10. The van der Waals surface area contributed by atoms with E-state index in [2.05, 4.69) is 9.46 Å². The molecule has 150 valence electrons. The Hall–Kier alpha value is -2.33. The lowest BCUT2D eigenvalue weighted by molar-refractivity contribution is -0.144. The fraction of sp³-hybridized carbons (Fsp3) is 0.529. The second-order valence-corrected chi connectivity index (χ2v) is 9.15. The van der Waals surface area contributed by atoms with Crippen molar-refractivity contribution in [3.63, 3.8) is 0 Å². The van der Waals surface area contributed by atoms with Crippen molar-refractivity contribution in [1.82, 2.24) is 9.62 Å². The molecule has 1 fully saturated rings. The molecule has 1 aliphatic heterocycles. The van der Waals surface area contributed by atoms with Gasteiger partial charge in [-0.05, 0) is 45.0 Å². The number of likely N-dealkylation sites (tertiary alicyclic amines) is 1. The van der Waals surface area contributed by atoms with E-state index in [-0.39, 0.29) is 30.2 Å². The number of rotatable bonds is 5. The highest BCUT2D eigenvalue weighted by atomic mass is 32.2. The number of esters is 1. The van der Waals surface area contributed by atoms with Crippen LogP contribution < -0.4 is 4.72 Å². The molecule has 1 amide bonds. The average Bonchev–Trinajstić information content (AvgIpc) is 2.50. The number of nitrogens with zero attached hydrogens (tertiary/aromatic N) is 1. The number of nitrogens with one attached hydrogen (secondary N) is 1. The summed E-state index contributed by atoms with van der Waals surface area (Å²) in [6.07, 6.45) is -0.827. The minimum atomic E-state index is -3.98. The first-order chi connectivity index (χ1) is 12.4. The fourth-order valence-electron chi connectivity index (χ4n) is 2.67.